The molecule has 1 unspecified atom stereocenters. The number of unbranched alkanes of at least 4 members (excludes halogenated alkanes) is 2. The molecule has 0 heterocycles. The lowest BCUT2D eigenvalue weighted by Crippen LogP contribution is -1.75. The molecule has 0 aliphatic heterocycles. The van der Waals surface area contributed by atoms with E-state index in [-0.39, 0.29) is 0 Å². The van der Waals surface area contributed by atoms with Gasteiger partial charge in [-0.25, -0.2) is 0 Å². The van der Waals surface area contributed by atoms with Gasteiger partial charge in [-0.1, -0.05) is 19.8 Å². The minimum absolute atomic E-state index is 0.401. The zero-order valence-corrected chi connectivity index (χ0v) is 6.14. The maximum absolute atomic E-state index is 9.95. The summed E-state index contributed by atoms with van der Waals surface area (Å²) in [5.41, 5.74) is 0. The molecule has 0 aromatic rings. The fraction of sp³-hybridized carbons (Fsp3) is 1.00. The van der Waals surface area contributed by atoms with Gasteiger partial charge in [0.15, 0.2) is 0 Å². The van der Waals surface area contributed by atoms with Crippen LogP contribution in [0.2, 0.25) is 0 Å². The molecule has 1 atom stereocenters. The summed E-state index contributed by atoms with van der Waals surface area (Å²) < 4.78 is 9.95. The Hall–Kier alpha value is 0.190. The molecule has 0 amide bonds. The molecule has 0 aliphatic rings. The quantitative estimate of drug-likeness (QED) is 0.429. The van der Waals surface area contributed by atoms with Crippen LogP contribution in [0.5, 0.6) is 0 Å². The van der Waals surface area contributed by atoms with E-state index in [2.05, 4.69) is 6.92 Å². The van der Waals surface area contributed by atoms with Crippen LogP contribution < -0.4 is 0 Å². The van der Waals surface area contributed by atoms with E-state index in [0.717, 1.165) is 19.3 Å². The third-order valence-electron chi connectivity index (χ3n) is 0.984. The molecule has 0 rings (SSSR count). The van der Waals surface area contributed by atoms with Crippen LogP contribution >= 0.6 is 8.03 Å². The van der Waals surface area contributed by atoms with E-state index in [4.69, 9.17) is 0 Å². The van der Waals surface area contributed by atoms with E-state index in [1.54, 1.807) is 0 Å². The average Bonchev–Trinajstić information content (AvgIpc) is 1.66. The first-order chi connectivity index (χ1) is 3.77. The summed E-state index contributed by atoms with van der Waals surface area (Å²) in [4.78, 5) is 9.95. The van der Waals surface area contributed by atoms with E-state index < -0.39 is 8.03 Å². The Bertz CT molecular complexity index is 72.8. The molecule has 0 N–H and O–H groups in total. The molecule has 0 aromatic heterocycles. The summed E-state index contributed by atoms with van der Waals surface area (Å²) in [6.07, 6.45) is 3.38. The predicted octanol–water partition coefficient (Wildman–Crippen LogP) is 2.08. The van der Waals surface area contributed by atoms with Gasteiger partial charge in [-0.3, -0.25) is 4.57 Å². The lowest BCUT2D eigenvalue weighted by molar-refractivity contribution is 0.432. The van der Waals surface area contributed by atoms with Gasteiger partial charge in [0.1, 0.15) is 0 Å². The molecule has 0 aliphatic carbocycles. The van der Waals surface area contributed by atoms with E-state index in [9.17, 15) is 9.46 Å². The van der Waals surface area contributed by atoms with Gasteiger partial charge < -0.3 is 0 Å². The Morgan fingerprint density at radius 3 is 2.38 bits per heavy atom. The van der Waals surface area contributed by atoms with Crippen molar-refractivity contribution in [3.8, 4) is 0 Å². The van der Waals surface area contributed by atoms with E-state index >= 15 is 0 Å². The van der Waals surface area contributed by atoms with Crippen molar-refractivity contribution in [1.82, 2.24) is 0 Å². The summed E-state index contributed by atoms with van der Waals surface area (Å²) in [7, 11) is -2.41. The second-order valence-electron chi connectivity index (χ2n) is 1.83. The normalized spacial score (nSPS) is 13.8. The first kappa shape index (κ1) is 8.19. The molecule has 0 fully saturated rings. The number of hydrogen-bond donors (Lipinski definition) is 0. The van der Waals surface area contributed by atoms with Crippen molar-refractivity contribution in [2.45, 2.75) is 26.2 Å². The van der Waals surface area contributed by atoms with E-state index in [0.29, 0.717) is 6.16 Å². The molecule has 0 aromatic carbocycles. The van der Waals surface area contributed by atoms with E-state index in [1.165, 1.54) is 0 Å². The monoisotopic (exact) mass is 135 g/mol. The SMILES string of the molecule is CCCCC[PH]([O])=O. The fourth-order valence-electron chi connectivity index (χ4n) is 0.519. The van der Waals surface area contributed by atoms with Crippen LogP contribution in [0.4, 0.5) is 0 Å². The molecule has 0 saturated heterocycles. The highest BCUT2D eigenvalue weighted by Gasteiger charge is 1.91. The average molecular weight is 135 g/mol. The molecule has 49 valence electrons. The minimum Gasteiger partial charge on any atom is -0.293 e. The van der Waals surface area contributed by atoms with Gasteiger partial charge in [0.25, 0.3) is 0 Å². The van der Waals surface area contributed by atoms with Gasteiger partial charge >= 0.3 is 0 Å². The van der Waals surface area contributed by atoms with E-state index in [1.807, 2.05) is 0 Å². The Morgan fingerprint density at radius 1 is 1.38 bits per heavy atom. The van der Waals surface area contributed by atoms with Crippen molar-refractivity contribution >= 4 is 8.03 Å². The molecule has 3 heteroatoms. The zero-order valence-electron chi connectivity index (χ0n) is 5.14. The summed E-state index contributed by atoms with van der Waals surface area (Å²) in [6, 6.07) is 0. The Balaban J connectivity index is 2.82. The molecule has 1 radical (unpaired) electrons. The zero-order chi connectivity index (χ0) is 6.41. The van der Waals surface area contributed by atoms with Crippen LogP contribution in [0.25, 0.3) is 0 Å². The highest BCUT2D eigenvalue weighted by Crippen LogP contribution is 2.16. The van der Waals surface area contributed by atoms with Gasteiger partial charge in [-0.05, 0) is 6.42 Å². The Labute approximate surface area is 50.8 Å². The van der Waals surface area contributed by atoms with Crippen LogP contribution in [0, 0.1) is 0 Å². The lowest BCUT2D eigenvalue weighted by atomic mass is 10.3. The van der Waals surface area contributed by atoms with Gasteiger partial charge in [-0.15, -0.1) is 0 Å². The molecular weight excluding hydrogens is 123 g/mol. The van der Waals surface area contributed by atoms with Gasteiger partial charge in [0.05, 0.1) is 0 Å². The summed E-state index contributed by atoms with van der Waals surface area (Å²) >= 11 is 0. The van der Waals surface area contributed by atoms with Gasteiger partial charge in [0, 0.05) is 6.16 Å². The molecular formula is C5H12O2P. The summed E-state index contributed by atoms with van der Waals surface area (Å²) in [5.74, 6) is 0. The van der Waals surface area contributed by atoms with Crippen molar-refractivity contribution in [3.05, 3.63) is 0 Å². The Morgan fingerprint density at radius 2 is 2.00 bits per heavy atom. The summed E-state index contributed by atoms with van der Waals surface area (Å²) in [5, 5.41) is 0. The van der Waals surface area contributed by atoms with Gasteiger partial charge in [-0.2, -0.15) is 4.89 Å². The number of hydrogen-bond acceptors (Lipinski definition) is 1. The molecule has 0 saturated carbocycles. The number of rotatable bonds is 4. The fourth-order valence-corrected chi connectivity index (χ4v) is 1.06. The maximum Gasteiger partial charge on any atom is 0.225 e. The lowest BCUT2D eigenvalue weighted by Gasteiger charge is -1.89. The molecule has 2 nitrogen and oxygen atoms in total. The van der Waals surface area contributed by atoms with Gasteiger partial charge in [0.2, 0.25) is 8.03 Å². The second-order valence-corrected chi connectivity index (χ2v) is 3.07. The minimum atomic E-state index is -2.41. The topological polar surface area (TPSA) is 37.0 Å². The van der Waals surface area contributed by atoms with Crippen molar-refractivity contribution in [2.24, 2.45) is 0 Å². The van der Waals surface area contributed by atoms with Crippen LogP contribution in [0.1, 0.15) is 26.2 Å². The van der Waals surface area contributed by atoms with Crippen LogP contribution in [0.3, 0.4) is 0 Å². The first-order valence-electron chi connectivity index (χ1n) is 2.97. The molecule has 0 spiro atoms. The smallest absolute Gasteiger partial charge is 0.225 e. The highest BCUT2D eigenvalue weighted by atomic mass is 31.1. The molecule has 8 heavy (non-hydrogen) atoms. The third-order valence-corrected chi connectivity index (χ3v) is 1.75. The highest BCUT2D eigenvalue weighted by molar-refractivity contribution is 7.37. The Kier molecular flexibility index (Phi) is 5.46. The largest absolute Gasteiger partial charge is 0.293 e. The third kappa shape index (κ3) is 6.19. The van der Waals surface area contributed by atoms with Crippen molar-refractivity contribution in [3.63, 3.8) is 0 Å². The summed E-state index contributed by atoms with van der Waals surface area (Å²) in [6.45, 7) is 2.06. The second kappa shape index (κ2) is 5.33. The van der Waals surface area contributed by atoms with Crippen LogP contribution in [-0.4, -0.2) is 6.16 Å². The van der Waals surface area contributed by atoms with Crippen LogP contribution in [-0.2, 0) is 9.46 Å². The first-order valence-corrected chi connectivity index (χ1v) is 4.49. The van der Waals surface area contributed by atoms with Crippen LogP contribution in [0.15, 0.2) is 0 Å². The maximum atomic E-state index is 9.95. The van der Waals surface area contributed by atoms with Crippen molar-refractivity contribution < 1.29 is 9.46 Å². The van der Waals surface area contributed by atoms with Crippen molar-refractivity contribution in [1.29, 1.82) is 0 Å². The molecule has 0 bridgehead atoms. The predicted molar refractivity (Wildman–Crippen MR) is 34.1 cm³/mol. The van der Waals surface area contributed by atoms with Crippen molar-refractivity contribution in [2.75, 3.05) is 6.16 Å². The standard InChI is InChI=1S/C5H12O2P/c1-2-3-4-5-8(6)7/h8H,2-5H2,1H3.